The molecule has 0 amide bonds. The molecular weight excluding hydrogens is 496 g/mol. The minimum absolute atomic E-state index is 0. The van der Waals surface area contributed by atoms with Crippen molar-refractivity contribution in [1.29, 1.82) is 0 Å². The average molecular weight is 514 g/mol. The quantitative estimate of drug-likeness (QED) is 0.281. The molecule has 0 N–H and O–H groups in total. The van der Waals surface area contributed by atoms with Crippen LogP contribution < -0.4 is 0 Å². The Hall–Kier alpha value is -2.53. The summed E-state index contributed by atoms with van der Waals surface area (Å²) in [6.07, 6.45) is 7.07. The van der Waals surface area contributed by atoms with Gasteiger partial charge < -0.3 is 0 Å². The Morgan fingerprint density at radius 2 is 0.828 bits per heavy atom. The Morgan fingerprint density at radius 3 is 0.966 bits per heavy atom. The van der Waals surface area contributed by atoms with Gasteiger partial charge in [0.2, 0.25) is 0 Å². The molecule has 0 saturated heterocycles. The van der Waals surface area contributed by atoms with E-state index in [0.29, 0.717) is 0 Å². The summed E-state index contributed by atoms with van der Waals surface area (Å²) in [5, 5.41) is 0. The van der Waals surface area contributed by atoms with Gasteiger partial charge in [0.15, 0.2) is 0 Å². The molecule has 0 radical (unpaired) electrons. The molecule has 4 aromatic rings. The van der Waals surface area contributed by atoms with E-state index in [1.165, 1.54) is 0 Å². The fraction of sp³-hybridized carbons (Fsp3) is 0. The summed E-state index contributed by atoms with van der Waals surface area (Å²) in [5.74, 6) is 0. The molecule has 0 fully saturated rings. The van der Waals surface area contributed by atoms with E-state index in [4.69, 9.17) is 14.5 Å². The van der Waals surface area contributed by atoms with Crippen molar-refractivity contribution in [3.63, 3.8) is 0 Å². The summed E-state index contributed by atoms with van der Waals surface area (Å²) in [5.41, 5.74) is 3.66. The molecule has 8 heteroatoms. The molecule has 0 aliphatic rings. The number of pyridine rings is 4. The third-order valence-corrected chi connectivity index (χ3v) is 3.74. The van der Waals surface area contributed by atoms with Crippen LogP contribution in [0, 0.1) is 0 Å². The van der Waals surface area contributed by atoms with Crippen LogP contribution in [0.25, 0.3) is 22.8 Å². The van der Waals surface area contributed by atoms with Crippen molar-refractivity contribution in [3.8, 4) is 22.8 Å². The van der Waals surface area contributed by atoms with E-state index in [9.17, 15) is 0 Å². The van der Waals surface area contributed by atoms with E-state index >= 15 is 0 Å². The zero-order chi connectivity index (χ0) is 19.9. The van der Waals surface area contributed by atoms with Crippen LogP contribution in [-0.4, -0.2) is 24.8 Å². The Bertz CT molecular complexity index is 768. The van der Waals surface area contributed by atoms with Crippen LogP contribution in [0.2, 0.25) is 0 Å². The Balaban J connectivity index is 0.000000239. The molecule has 0 saturated carbocycles. The summed E-state index contributed by atoms with van der Waals surface area (Å²) in [4.78, 5) is 26.6. The van der Waals surface area contributed by atoms with Crippen LogP contribution in [0.1, 0.15) is 0 Å². The van der Waals surface area contributed by atoms with Crippen molar-refractivity contribution >= 4 is 27.0 Å². The van der Waals surface area contributed by atoms with Crippen molar-refractivity contribution in [1.82, 2.24) is 19.9 Å². The normalized spacial score (nSPS) is 9.00. The monoisotopic (exact) mass is 514 g/mol. The first-order valence-electron chi connectivity index (χ1n) is 8.16. The van der Waals surface area contributed by atoms with Crippen molar-refractivity contribution in [3.05, 3.63) is 97.6 Å². The molecule has 0 unspecified atom stereocenters. The Morgan fingerprint density at radius 1 is 0.586 bits per heavy atom. The molecule has 4 aromatic heterocycles. The number of carbonyl (C=O) groups is 1. The minimum Gasteiger partial charge on any atom is -0.255 e. The molecule has 29 heavy (non-hydrogen) atoms. The smallest absolute Gasteiger partial charge is 0.0886 e. The van der Waals surface area contributed by atoms with Gasteiger partial charge in [-0.05, 0) is 48.5 Å². The number of aromatic nitrogens is 4. The average Bonchev–Trinajstić information content (AvgIpc) is 2.82. The number of halogens is 2. The predicted molar refractivity (Wildman–Crippen MR) is 115 cm³/mol. The number of hydrogen-bond donors (Lipinski definition) is 0. The number of hydrogen-bond acceptors (Lipinski definition) is 5. The second-order valence-corrected chi connectivity index (χ2v) is 6.72. The fourth-order valence-corrected chi connectivity index (χ4v) is 2.06. The van der Waals surface area contributed by atoms with E-state index in [1.54, 1.807) is 24.8 Å². The number of nitrogens with zero attached hydrogens (tertiary/aromatic N) is 4. The largest absolute Gasteiger partial charge is 0.255 e. The van der Waals surface area contributed by atoms with Gasteiger partial charge in [-0.15, -0.1) is 12.4 Å². The third-order valence-electron chi connectivity index (χ3n) is 3.22. The topological polar surface area (TPSA) is 68.6 Å². The van der Waals surface area contributed by atoms with Crippen molar-refractivity contribution in [2.75, 3.05) is 0 Å². The molecule has 0 bridgehead atoms. The molecule has 0 aromatic carbocycles. The van der Waals surface area contributed by atoms with Crippen molar-refractivity contribution in [2.24, 2.45) is 0 Å². The first kappa shape index (κ1) is 24.5. The molecule has 0 spiro atoms. The van der Waals surface area contributed by atoms with Crippen molar-refractivity contribution < 1.29 is 20.9 Å². The molecule has 4 rings (SSSR count). The third kappa shape index (κ3) is 9.48. The first-order chi connectivity index (χ1) is 13.8. The summed E-state index contributed by atoms with van der Waals surface area (Å²) >= 11 is -0.469. The van der Waals surface area contributed by atoms with Crippen LogP contribution in [0.5, 0.6) is 0 Å². The summed E-state index contributed by atoms with van der Waals surface area (Å²) in [7, 11) is 4.91. The molecule has 5 nitrogen and oxygen atoms in total. The van der Waals surface area contributed by atoms with E-state index in [2.05, 4.69) is 19.9 Å². The van der Waals surface area contributed by atoms with Crippen LogP contribution in [0.4, 0.5) is 0 Å². The maximum absolute atomic E-state index is 9.08. The zero-order valence-electron chi connectivity index (χ0n) is 15.2. The number of carbonyl (C=O) groups excluding carboxylic acids is 1. The van der Waals surface area contributed by atoms with Gasteiger partial charge in [0.25, 0.3) is 0 Å². The molecule has 0 aliphatic heterocycles. The SMILES string of the molecule is Cl.O=[CH][Ru][Cl].c1ccc(-c2ccccn2)nc1.c1ccc(-c2ccccn2)nc1. The maximum atomic E-state index is 9.08. The summed E-state index contributed by atoms with van der Waals surface area (Å²) in [6, 6.07) is 23.2. The van der Waals surface area contributed by atoms with E-state index in [0.717, 1.165) is 27.7 Å². The van der Waals surface area contributed by atoms with Crippen LogP contribution in [0.3, 0.4) is 0 Å². The molecular formula is C21H18Cl2N4ORu. The van der Waals surface area contributed by atoms with Gasteiger partial charge in [0.05, 0.1) is 22.8 Å². The first-order valence-corrected chi connectivity index (χ1v) is 11.4. The molecule has 0 atom stereocenters. The van der Waals surface area contributed by atoms with Gasteiger partial charge in [0.1, 0.15) is 0 Å². The minimum atomic E-state index is -0.469. The number of rotatable bonds is 3. The Labute approximate surface area is 187 Å². The van der Waals surface area contributed by atoms with Gasteiger partial charge in [-0.1, -0.05) is 24.3 Å². The summed E-state index contributed by atoms with van der Waals surface area (Å²) < 4.78 is 0. The molecule has 150 valence electrons. The fourth-order valence-electron chi connectivity index (χ4n) is 2.06. The second-order valence-electron chi connectivity index (χ2n) is 5.02. The van der Waals surface area contributed by atoms with Crippen LogP contribution in [-0.2, 0) is 20.9 Å². The van der Waals surface area contributed by atoms with Gasteiger partial charge in [-0.3, -0.25) is 19.9 Å². The van der Waals surface area contributed by atoms with Crippen molar-refractivity contribution in [2.45, 2.75) is 0 Å². The van der Waals surface area contributed by atoms with Gasteiger partial charge in [0, 0.05) is 24.8 Å². The van der Waals surface area contributed by atoms with Crippen LogP contribution >= 0.6 is 22.1 Å². The van der Waals surface area contributed by atoms with Crippen LogP contribution in [0.15, 0.2) is 97.6 Å². The second kappa shape index (κ2) is 15.4. The molecule has 0 aliphatic carbocycles. The van der Waals surface area contributed by atoms with E-state index < -0.39 is 16.1 Å². The van der Waals surface area contributed by atoms with Gasteiger partial charge in [-0.25, -0.2) is 0 Å². The zero-order valence-corrected chi connectivity index (χ0v) is 18.5. The Kier molecular flexibility index (Phi) is 13.0. The standard InChI is InChI=1S/2C10H8N2.CHO.2ClH.Ru/c2*1-3-7-11-9(5-1)10-6-2-4-8-12-10;1-2;;;/h2*1-8H;1H;2*1H;/q;;;;;+1/p-1. The van der Waals surface area contributed by atoms with E-state index in [-0.39, 0.29) is 12.4 Å². The van der Waals surface area contributed by atoms with Gasteiger partial charge >= 0.3 is 35.5 Å². The van der Waals surface area contributed by atoms with E-state index in [1.807, 2.05) is 72.8 Å². The van der Waals surface area contributed by atoms with Gasteiger partial charge in [-0.2, -0.15) is 0 Å². The predicted octanol–water partition coefficient (Wildman–Crippen LogP) is 5.12. The maximum Gasteiger partial charge on any atom is 0.0886 e. The molecule has 4 heterocycles. The summed E-state index contributed by atoms with van der Waals surface area (Å²) in [6.45, 7) is 0.